The molecule has 2 atom stereocenters. The Morgan fingerprint density at radius 1 is 1.12 bits per heavy atom. The van der Waals surface area contributed by atoms with Crippen molar-refractivity contribution in [2.24, 2.45) is 0 Å². The molecule has 1 heterocycles. The Kier molecular flexibility index (Phi) is 7.69. The van der Waals surface area contributed by atoms with Crippen LogP contribution in [-0.4, -0.2) is 48.5 Å². The quantitative estimate of drug-likeness (QED) is 0.414. The van der Waals surface area contributed by atoms with E-state index in [2.05, 4.69) is 10.3 Å². The van der Waals surface area contributed by atoms with Crippen molar-refractivity contribution in [3.05, 3.63) is 59.1 Å². The van der Waals surface area contributed by atoms with Crippen molar-refractivity contribution >= 4 is 32.2 Å². The average molecular weight is 493 g/mol. The number of rotatable bonds is 9. The smallest absolute Gasteiger partial charge is 0.257 e. The van der Waals surface area contributed by atoms with Gasteiger partial charge in [0.05, 0.1) is 23.3 Å². The maximum atomic E-state index is 12.8. The molecule has 0 bridgehead atoms. The Labute approximate surface area is 195 Å². The number of aliphatic hydroxyl groups is 2. The zero-order chi connectivity index (χ0) is 24.2. The van der Waals surface area contributed by atoms with Crippen molar-refractivity contribution in [1.82, 2.24) is 4.98 Å². The van der Waals surface area contributed by atoms with Gasteiger partial charge in [0.15, 0.2) is 15.0 Å². The molecule has 1 amide bonds. The van der Waals surface area contributed by atoms with E-state index >= 15 is 0 Å². The highest BCUT2D eigenvalue weighted by Gasteiger charge is 2.16. The molecule has 3 N–H and O–H groups in total. The van der Waals surface area contributed by atoms with Gasteiger partial charge < -0.3 is 19.7 Å². The molecule has 1 aromatic heterocycles. The van der Waals surface area contributed by atoms with Crippen molar-refractivity contribution in [3.8, 4) is 17.2 Å². The van der Waals surface area contributed by atoms with E-state index in [1.165, 1.54) is 47.7 Å². The summed E-state index contributed by atoms with van der Waals surface area (Å²) in [4.78, 5) is 17.2. The first-order valence-electron chi connectivity index (χ1n) is 9.90. The molecular weight excluding hydrogens is 468 g/mol. The maximum absolute atomic E-state index is 12.8. The molecule has 176 valence electrons. The third-order valence-electron chi connectivity index (χ3n) is 4.39. The van der Waals surface area contributed by atoms with Crippen molar-refractivity contribution in [1.29, 1.82) is 0 Å². The van der Waals surface area contributed by atoms with E-state index in [1.54, 1.807) is 25.3 Å². The molecular formula is C22H24N2O7S2. The van der Waals surface area contributed by atoms with Crippen LogP contribution in [0.5, 0.6) is 17.2 Å². The molecule has 0 aliphatic carbocycles. The average Bonchev–Trinajstić information content (AvgIpc) is 3.22. The summed E-state index contributed by atoms with van der Waals surface area (Å²) in [6, 6.07) is 10.4. The van der Waals surface area contributed by atoms with Gasteiger partial charge in [-0.1, -0.05) is 0 Å². The van der Waals surface area contributed by atoms with E-state index in [4.69, 9.17) is 9.47 Å². The molecule has 0 spiro atoms. The molecule has 3 aromatic rings. The van der Waals surface area contributed by atoms with Crippen LogP contribution in [0, 0.1) is 0 Å². The van der Waals surface area contributed by atoms with Gasteiger partial charge in [-0.15, -0.1) is 11.3 Å². The Hall–Kier alpha value is -2.99. The van der Waals surface area contributed by atoms with Crippen molar-refractivity contribution in [3.63, 3.8) is 0 Å². The van der Waals surface area contributed by atoms with Crippen LogP contribution in [0.2, 0.25) is 0 Å². The predicted molar refractivity (Wildman–Crippen MR) is 124 cm³/mol. The highest BCUT2D eigenvalue weighted by molar-refractivity contribution is 7.90. The van der Waals surface area contributed by atoms with Crippen LogP contribution < -0.4 is 14.8 Å². The minimum atomic E-state index is -3.34. The number of aliphatic hydroxyl groups excluding tert-OH is 2. The first-order chi connectivity index (χ1) is 15.5. The topological polar surface area (TPSA) is 135 Å². The lowest BCUT2D eigenvalue weighted by Gasteiger charge is -2.15. The minimum Gasteiger partial charge on any atom is -0.488 e. The van der Waals surface area contributed by atoms with Gasteiger partial charge in [-0.2, -0.15) is 0 Å². The fraction of sp³-hybridized carbons (Fsp3) is 0.273. The number of hydrogen-bond donors (Lipinski definition) is 3. The zero-order valence-electron chi connectivity index (χ0n) is 18.2. The summed E-state index contributed by atoms with van der Waals surface area (Å²) >= 11 is 1.18. The van der Waals surface area contributed by atoms with Gasteiger partial charge in [-0.3, -0.25) is 10.1 Å². The lowest BCUT2D eigenvalue weighted by molar-refractivity contribution is 0.102. The Morgan fingerprint density at radius 2 is 1.79 bits per heavy atom. The maximum Gasteiger partial charge on any atom is 0.257 e. The third-order valence-corrected chi connectivity index (χ3v) is 6.30. The number of sulfone groups is 1. The number of amides is 1. The van der Waals surface area contributed by atoms with Gasteiger partial charge in [0, 0.05) is 23.3 Å². The van der Waals surface area contributed by atoms with Gasteiger partial charge in [0.1, 0.15) is 23.4 Å². The highest BCUT2D eigenvalue weighted by atomic mass is 32.2. The minimum absolute atomic E-state index is 0.156. The first-order valence-corrected chi connectivity index (χ1v) is 12.7. The lowest BCUT2D eigenvalue weighted by Crippen LogP contribution is -2.17. The second-order valence-corrected chi connectivity index (χ2v) is 10.2. The molecule has 2 unspecified atom stereocenters. The summed E-state index contributed by atoms with van der Waals surface area (Å²) < 4.78 is 34.8. The monoisotopic (exact) mass is 492 g/mol. The number of hydrogen-bond acceptors (Lipinski definition) is 9. The van der Waals surface area contributed by atoms with E-state index in [9.17, 15) is 23.4 Å². The summed E-state index contributed by atoms with van der Waals surface area (Å²) in [5.41, 5.74) is 0.667. The van der Waals surface area contributed by atoms with E-state index in [0.717, 1.165) is 6.26 Å². The number of thiazole rings is 1. The summed E-state index contributed by atoms with van der Waals surface area (Å²) in [5.74, 6) is 0.470. The largest absolute Gasteiger partial charge is 0.488 e. The summed E-state index contributed by atoms with van der Waals surface area (Å²) in [6.07, 6.45) is -0.154. The van der Waals surface area contributed by atoms with Crippen LogP contribution in [0.1, 0.15) is 36.0 Å². The normalized spacial score (nSPS) is 13.2. The number of carbonyl (C=O) groups is 1. The second-order valence-electron chi connectivity index (χ2n) is 7.36. The third kappa shape index (κ3) is 6.75. The van der Waals surface area contributed by atoms with Gasteiger partial charge in [0.25, 0.3) is 5.91 Å². The fourth-order valence-corrected chi connectivity index (χ4v) is 4.12. The summed E-state index contributed by atoms with van der Waals surface area (Å²) in [7, 11) is -3.34. The van der Waals surface area contributed by atoms with Crippen molar-refractivity contribution in [2.45, 2.75) is 31.0 Å². The van der Waals surface area contributed by atoms with Gasteiger partial charge in [-0.25, -0.2) is 13.4 Å². The number of aromatic nitrogens is 1. The van der Waals surface area contributed by atoms with Crippen molar-refractivity contribution < 1.29 is 32.9 Å². The summed E-state index contributed by atoms with van der Waals surface area (Å²) in [6.45, 7) is 3.03. The number of ether oxygens (including phenoxy) is 2. The zero-order valence-corrected chi connectivity index (χ0v) is 19.8. The van der Waals surface area contributed by atoms with Crippen LogP contribution in [-0.2, 0) is 9.84 Å². The molecule has 0 fully saturated rings. The molecule has 2 aromatic carbocycles. The molecule has 33 heavy (non-hydrogen) atoms. The predicted octanol–water partition coefficient (Wildman–Crippen LogP) is 3.40. The van der Waals surface area contributed by atoms with E-state index in [-0.39, 0.29) is 22.8 Å². The second kappa shape index (κ2) is 10.3. The Bertz CT molecular complexity index is 1220. The summed E-state index contributed by atoms with van der Waals surface area (Å²) in [5, 5.41) is 23.6. The molecule has 11 heteroatoms. The van der Waals surface area contributed by atoms with Crippen LogP contribution in [0.3, 0.4) is 0 Å². The Balaban J connectivity index is 1.87. The number of anilines is 1. The number of nitrogens with zero attached hydrogens (tertiary/aromatic N) is 1. The highest BCUT2D eigenvalue weighted by Crippen LogP contribution is 2.30. The Morgan fingerprint density at radius 3 is 2.36 bits per heavy atom. The van der Waals surface area contributed by atoms with Gasteiger partial charge in [-0.05, 0) is 50.2 Å². The molecule has 0 radical (unpaired) electrons. The van der Waals surface area contributed by atoms with Gasteiger partial charge >= 0.3 is 0 Å². The molecule has 3 rings (SSSR count). The van der Waals surface area contributed by atoms with E-state index in [0.29, 0.717) is 22.3 Å². The van der Waals surface area contributed by atoms with Gasteiger partial charge in [0.2, 0.25) is 0 Å². The number of carbonyl (C=O) groups excluding carboxylic acids is 1. The standard InChI is InChI=1S/C22H24N2O7S2/c1-13(11-25)30-17-8-15(21(27)24-22-23-20(12-32-22)14(2)26)9-18(10-17)31-16-4-6-19(7-5-16)33(3,28)29/h4-10,12-14,25-26H,11H2,1-3H3,(H,23,24,27). The van der Waals surface area contributed by atoms with E-state index < -0.39 is 28.0 Å². The van der Waals surface area contributed by atoms with Crippen LogP contribution in [0.25, 0.3) is 0 Å². The molecule has 0 saturated heterocycles. The van der Waals surface area contributed by atoms with Crippen molar-refractivity contribution in [2.75, 3.05) is 18.2 Å². The SMILES string of the molecule is CC(CO)Oc1cc(Oc2ccc(S(C)(=O)=O)cc2)cc(C(=O)Nc2nc(C(C)O)cs2)c1. The van der Waals surface area contributed by atoms with Crippen LogP contribution >= 0.6 is 11.3 Å². The number of benzene rings is 2. The fourth-order valence-electron chi connectivity index (χ4n) is 2.70. The van der Waals surface area contributed by atoms with Crippen LogP contribution in [0.4, 0.5) is 5.13 Å². The number of nitrogens with one attached hydrogen (secondary N) is 1. The lowest BCUT2D eigenvalue weighted by atomic mass is 10.2. The molecule has 0 saturated carbocycles. The molecule has 9 nitrogen and oxygen atoms in total. The first kappa shape index (κ1) is 24.6. The van der Waals surface area contributed by atoms with Crippen LogP contribution in [0.15, 0.2) is 52.7 Å². The molecule has 0 aliphatic heterocycles. The molecule has 0 aliphatic rings. The van der Waals surface area contributed by atoms with E-state index in [1.807, 2.05) is 0 Å².